The molecule has 0 saturated carbocycles. The standard InChI is InChI=1S/C16H18ClNO3/c1-9-3-4-10(2)14(7-9)18-15(19)13-8-11(17)5-6-12(13)16(20)21/h3-5,7,12-13H,6,8H2,1-2H3,(H,18,19)(H,20,21). The van der Waals surface area contributed by atoms with Gasteiger partial charge in [-0.1, -0.05) is 29.8 Å². The van der Waals surface area contributed by atoms with Crippen molar-refractivity contribution in [2.24, 2.45) is 11.8 Å². The highest BCUT2D eigenvalue weighted by Gasteiger charge is 2.36. The van der Waals surface area contributed by atoms with Gasteiger partial charge in [-0.3, -0.25) is 9.59 Å². The van der Waals surface area contributed by atoms with Crippen LogP contribution in [0.5, 0.6) is 0 Å². The predicted molar refractivity (Wildman–Crippen MR) is 82.3 cm³/mol. The summed E-state index contributed by atoms with van der Waals surface area (Å²) in [4.78, 5) is 23.7. The maximum absolute atomic E-state index is 12.4. The van der Waals surface area contributed by atoms with Gasteiger partial charge in [0.1, 0.15) is 0 Å². The maximum Gasteiger partial charge on any atom is 0.307 e. The van der Waals surface area contributed by atoms with Crippen LogP contribution in [0, 0.1) is 25.7 Å². The topological polar surface area (TPSA) is 66.4 Å². The number of anilines is 1. The van der Waals surface area contributed by atoms with Crippen molar-refractivity contribution in [2.75, 3.05) is 5.32 Å². The zero-order valence-corrected chi connectivity index (χ0v) is 12.8. The molecular formula is C16H18ClNO3. The first kappa shape index (κ1) is 15.6. The molecule has 2 N–H and O–H groups in total. The molecule has 1 aromatic carbocycles. The number of rotatable bonds is 3. The Morgan fingerprint density at radius 2 is 2.00 bits per heavy atom. The van der Waals surface area contributed by atoms with Gasteiger partial charge in [-0.2, -0.15) is 0 Å². The highest BCUT2D eigenvalue weighted by atomic mass is 35.5. The van der Waals surface area contributed by atoms with Crippen molar-refractivity contribution < 1.29 is 14.7 Å². The van der Waals surface area contributed by atoms with E-state index in [1.54, 1.807) is 6.08 Å². The number of amides is 1. The summed E-state index contributed by atoms with van der Waals surface area (Å²) in [6, 6.07) is 5.77. The third-order valence-corrected chi connectivity index (χ3v) is 4.11. The first-order valence-corrected chi connectivity index (χ1v) is 7.21. The molecule has 1 aromatic rings. The van der Waals surface area contributed by atoms with Gasteiger partial charge < -0.3 is 10.4 Å². The summed E-state index contributed by atoms with van der Waals surface area (Å²) >= 11 is 5.97. The summed E-state index contributed by atoms with van der Waals surface area (Å²) in [5.74, 6) is -2.61. The number of hydrogen-bond acceptors (Lipinski definition) is 2. The Morgan fingerprint density at radius 3 is 2.67 bits per heavy atom. The van der Waals surface area contributed by atoms with E-state index in [-0.39, 0.29) is 12.3 Å². The molecule has 0 spiro atoms. The predicted octanol–water partition coefficient (Wildman–Crippen LogP) is 3.48. The quantitative estimate of drug-likeness (QED) is 0.898. The number of benzene rings is 1. The molecule has 0 fully saturated rings. The van der Waals surface area contributed by atoms with Crippen LogP contribution < -0.4 is 5.32 Å². The molecule has 0 aromatic heterocycles. The zero-order valence-electron chi connectivity index (χ0n) is 12.0. The van der Waals surface area contributed by atoms with Crippen LogP contribution in [0.25, 0.3) is 0 Å². The number of carboxylic acids is 1. The van der Waals surface area contributed by atoms with E-state index in [1.807, 2.05) is 32.0 Å². The smallest absolute Gasteiger partial charge is 0.307 e. The Balaban J connectivity index is 2.20. The number of carbonyl (C=O) groups excluding carboxylic acids is 1. The molecule has 1 aliphatic rings. The number of nitrogens with one attached hydrogen (secondary N) is 1. The van der Waals surface area contributed by atoms with Gasteiger partial charge in [-0.05, 0) is 43.9 Å². The van der Waals surface area contributed by atoms with E-state index in [2.05, 4.69) is 5.32 Å². The minimum Gasteiger partial charge on any atom is -0.481 e. The summed E-state index contributed by atoms with van der Waals surface area (Å²) in [5.41, 5.74) is 2.69. The summed E-state index contributed by atoms with van der Waals surface area (Å²) in [5, 5.41) is 12.6. The normalized spacial score (nSPS) is 21.6. The Labute approximate surface area is 128 Å². The lowest BCUT2D eigenvalue weighted by molar-refractivity contribution is -0.146. The Hall–Kier alpha value is -1.81. The first-order chi connectivity index (χ1) is 9.88. The third kappa shape index (κ3) is 3.64. The lowest BCUT2D eigenvalue weighted by Crippen LogP contribution is -2.35. The summed E-state index contributed by atoms with van der Waals surface area (Å²) in [6.07, 6.45) is 2.25. The highest BCUT2D eigenvalue weighted by molar-refractivity contribution is 6.29. The molecule has 0 heterocycles. The number of aliphatic carboxylic acids is 1. The number of hydrogen-bond donors (Lipinski definition) is 2. The first-order valence-electron chi connectivity index (χ1n) is 6.84. The molecule has 4 nitrogen and oxygen atoms in total. The molecule has 0 radical (unpaired) electrons. The van der Waals surface area contributed by atoms with Crippen molar-refractivity contribution in [3.05, 3.63) is 40.4 Å². The van der Waals surface area contributed by atoms with Gasteiger partial charge in [0.2, 0.25) is 5.91 Å². The molecule has 0 saturated heterocycles. The highest BCUT2D eigenvalue weighted by Crippen LogP contribution is 2.33. The van der Waals surface area contributed by atoms with Crippen LogP contribution in [0.15, 0.2) is 29.3 Å². The zero-order chi connectivity index (χ0) is 15.6. The molecule has 1 amide bonds. The van der Waals surface area contributed by atoms with Gasteiger partial charge in [0, 0.05) is 10.7 Å². The third-order valence-electron chi connectivity index (χ3n) is 3.80. The number of aryl methyl sites for hydroxylation is 2. The summed E-state index contributed by atoms with van der Waals surface area (Å²) < 4.78 is 0. The van der Waals surface area contributed by atoms with E-state index < -0.39 is 17.8 Å². The molecular weight excluding hydrogens is 290 g/mol. The number of carbonyl (C=O) groups is 2. The minimum absolute atomic E-state index is 0.273. The fourth-order valence-corrected chi connectivity index (χ4v) is 2.75. The molecule has 1 aliphatic carbocycles. The minimum atomic E-state index is -0.962. The van der Waals surface area contributed by atoms with E-state index in [4.69, 9.17) is 11.6 Å². The Kier molecular flexibility index (Phi) is 4.68. The van der Waals surface area contributed by atoms with E-state index in [9.17, 15) is 14.7 Å². The average Bonchev–Trinajstić information content (AvgIpc) is 2.42. The number of allylic oxidation sites excluding steroid dienone is 2. The van der Waals surface area contributed by atoms with Crippen LogP contribution in [-0.4, -0.2) is 17.0 Å². The molecule has 0 bridgehead atoms. The van der Waals surface area contributed by atoms with Crippen LogP contribution in [0.3, 0.4) is 0 Å². The molecule has 2 atom stereocenters. The van der Waals surface area contributed by atoms with E-state index in [0.29, 0.717) is 11.5 Å². The van der Waals surface area contributed by atoms with Gasteiger partial charge in [-0.15, -0.1) is 0 Å². The monoisotopic (exact) mass is 307 g/mol. The van der Waals surface area contributed by atoms with Crippen LogP contribution in [0.1, 0.15) is 24.0 Å². The number of carboxylic acid groups (broad SMARTS) is 1. The van der Waals surface area contributed by atoms with Gasteiger partial charge in [-0.25, -0.2) is 0 Å². The van der Waals surface area contributed by atoms with Crippen molar-refractivity contribution in [1.82, 2.24) is 0 Å². The van der Waals surface area contributed by atoms with Crippen molar-refractivity contribution in [3.63, 3.8) is 0 Å². The van der Waals surface area contributed by atoms with E-state index in [0.717, 1.165) is 16.8 Å². The van der Waals surface area contributed by atoms with Gasteiger partial charge in [0.15, 0.2) is 0 Å². The molecule has 2 rings (SSSR count). The molecule has 21 heavy (non-hydrogen) atoms. The maximum atomic E-state index is 12.4. The van der Waals surface area contributed by atoms with Gasteiger partial charge in [0.25, 0.3) is 0 Å². The van der Waals surface area contributed by atoms with Gasteiger partial charge in [0.05, 0.1) is 11.8 Å². The fraction of sp³-hybridized carbons (Fsp3) is 0.375. The lowest BCUT2D eigenvalue weighted by Gasteiger charge is -2.26. The van der Waals surface area contributed by atoms with E-state index >= 15 is 0 Å². The second-order valence-electron chi connectivity index (χ2n) is 5.45. The van der Waals surface area contributed by atoms with Crippen LogP contribution in [0.2, 0.25) is 0 Å². The second-order valence-corrected chi connectivity index (χ2v) is 5.94. The molecule has 0 aliphatic heterocycles. The lowest BCUT2D eigenvalue weighted by atomic mass is 9.82. The SMILES string of the molecule is Cc1ccc(C)c(NC(=O)C2CC(Cl)=CCC2C(=O)O)c1. The van der Waals surface area contributed by atoms with E-state index in [1.165, 1.54) is 0 Å². The largest absolute Gasteiger partial charge is 0.481 e. The molecule has 112 valence electrons. The van der Waals surface area contributed by atoms with Crippen LogP contribution in [-0.2, 0) is 9.59 Å². The second kappa shape index (κ2) is 6.31. The van der Waals surface area contributed by atoms with Crippen molar-refractivity contribution in [1.29, 1.82) is 0 Å². The van der Waals surface area contributed by atoms with Crippen molar-refractivity contribution >= 4 is 29.2 Å². The van der Waals surface area contributed by atoms with Crippen molar-refractivity contribution in [3.8, 4) is 0 Å². The van der Waals surface area contributed by atoms with Crippen LogP contribution >= 0.6 is 11.6 Å². The molecule has 2 unspecified atom stereocenters. The van der Waals surface area contributed by atoms with Crippen LogP contribution in [0.4, 0.5) is 5.69 Å². The molecule has 5 heteroatoms. The summed E-state index contributed by atoms with van der Waals surface area (Å²) in [6.45, 7) is 3.84. The Morgan fingerprint density at radius 1 is 1.29 bits per heavy atom. The fourth-order valence-electron chi connectivity index (χ4n) is 2.50. The number of halogens is 1. The van der Waals surface area contributed by atoms with Crippen molar-refractivity contribution in [2.45, 2.75) is 26.7 Å². The van der Waals surface area contributed by atoms with Gasteiger partial charge >= 0.3 is 5.97 Å². The average molecular weight is 308 g/mol. The summed E-state index contributed by atoms with van der Waals surface area (Å²) in [7, 11) is 0. The Bertz CT molecular complexity index is 610.